The van der Waals surface area contributed by atoms with Crippen molar-refractivity contribution in [2.75, 3.05) is 6.54 Å². The molecule has 0 radical (unpaired) electrons. The molecular formula is C20H28N4S. The molecule has 5 heteroatoms. The average molecular weight is 357 g/mol. The highest BCUT2D eigenvalue weighted by Gasteiger charge is 2.40. The van der Waals surface area contributed by atoms with E-state index in [2.05, 4.69) is 66.5 Å². The number of aromatic nitrogens is 2. The fourth-order valence-electron chi connectivity index (χ4n) is 4.12. The van der Waals surface area contributed by atoms with Crippen LogP contribution in [0.15, 0.2) is 30.5 Å². The van der Waals surface area contributed by atoms with Crippen LogP contribution < -0.4 is 5.32 Å². The third-order valence-electron chi connectivity index (χ3n) is 5.02. The molecule has 1 saturated heterocycles. The maximum absolute atomic E-state index is 5.67. The van der Waals surface area contributed by atoms with Crippen LogP contribution in [0.3, 0.4) is 0 Å². The van der Waals surface area contributed by atoms with E-state index in [0.29, 0.717) is 6.04 Å². The Morgan fingerprint density at radius 1 is 1.28 bits per heavy atom. The Bertz CT molecular complexity index is 751. The Morgan fingerprint density at radius 3 is 2.60 bits per heavy atom. The number of thiocarbonyl (C=S) groups is 1. The molecule has 1 aliphatic rings. The molecule has 134 valence electrons. The third-order valence-corrected chi connectivity index (χ3v) is 5.37. The number of nitrogens with zero attached hydrogens (tertiary/aromatic N) is 3. The van der Waals surface area contributed by atoms with Gasteiger partial charge in [-0.15, -0.1) is 0 Å². The second-order valence-corrected chi connectivity index (χ2v) is 7.50. The van der Waals surface area contributed by atoms with E-state index in [0.717, 1.165) is 23.8 Å². The summed E-state index contributed by atoms with van der Waals surface area (Å²) in [6.45, 7) is 12.0. The van der Waals surface area contributed by atoms with Crippen LogP contribution in [0.5, 0.6) is 0 Å². The Kier molecular flexibility index (Phi) is 5.13. The van der Waals surface area contributed by atoms with Crippen LogP contribution in [0, 0.1) is 13.8 Å². The van der Waals surface area contributed by atoms with Gasteiger partial charge in [0, 0.05) is 30.2 Å². The zero-order valence-electron chi connectivity index (χ0n) is 15.8. The molecule has 0 unspecified atom stereocenters. The highest BCUT2D eigenvalue weighted by molar-refractivity contribution is 7.80. The van der Waals surface area contributed by atoms with Crippen molar-refractivity contribution in [2.45, 2.75) is 59.2 Å². The molecule has 2 atom stereocenters. The lowest BCUT2D eigenvalue weighted by Crippen LogP contribution is -2.30. The smallest absolute Gasteiger partial charge is 0.170 e. The number of hydrogen-bond acceptors (Lipinski definition) is 2. The van der Waals surface area contributed by atoms with E-state index in [-0.39, 0.29) is 12.1 Å². The van der Waals surface area contributed by atoms with Crippen molar-refractivity contribution in [3.63, 3.8) is 0 Å². The largest absolute Gasteiger partial charge is 0.352 e. The van der Waals surface area contributed by atoms with Gasteiger partial charge in [-0.1, -0.05) is 13.0 Å². The third kappa shape index (κ3) is 3.17. The van der Waals surface area contributed by atoms with Crippen LogP contribution in [-0.2, 0) is 0 Å². The summed E-state index contributed by atoms with van der Waals surface area (Å²) in [6, 6.07) is 9.13. The molecule has 3 heterocycles. The molecule has 1 fully saturated rings. The zero-order valence-corrected chi connectivity index (χ0v) is 16.6. The first-order valence-electron chi connectivity index (χ1n) is 9.12. The monoisotopic (exact) mass is 356 g/mol. The maximum Gasteiger partial charge on any atom is 0.170 e. The van der Waals surface area contributed by atoms with Gasteiger partial charge in [-0.05, 0) is 70.1 Å². The second-order valence-electron chi connectivity index (χ2n) is 7.11. The van der Waals surface area contributed by atoms with Gasteiger partial charge in [0.25, 0.3) is 0 Å². The van der Waals surface area contributed by atoms with Crippen molar-refractivity contribution in [1.82, 2.24) is 19.8 Å². The van der Waals surface area contributed by atoms with Crippen LogP contribution >= 0.6 is 12.2 Å². The van der Waals surface area contributed by atoms with Gasteiger partial charge >= 0.3 is 0 Å². The van der Waals surface area contributed by atoms with Crippen LogP contribution in [0.4, 0.5) is 0 Å². The lowest BCUT2D eigenvalue weighted by Gasteiger charge is -2.28. The summed E-state index contributed by atoms with van der Waals surface area (Å²) in [7, 11) is 0. The quantitative estimate of drug-likeness (QED) is 0.802. The SMILES string of the molecule is CCCN1C(=S)N[C@H](c2ccccn2)[C@H]1c1cc(C)n(C(C)C)c1C. The fraction of sp³-hybridized carbons (Fsp3) is 0.500. The Balaban J connectivity index is 2.10. The van der Waals surface area contributed by atoms with E-state index in [1.807, 2.05) is 18.3 Å². The van der Waals surface area contributed by atoms with Crippen LogP contribution in [-0.4, -0.2) is 26.1 Å². The van der Waals surface area contributed by atoms with E-state index in [9.17, 15) is 0 Å². The van der Waals surface area contributed by atoms with E-state index in [1.165, 1.54) is 17.0 Å². The minimum atomic E-state index is 0.0846. The number of pyridine rings is 1. The lowest BCUT2D eigenvalue weighted by molar-refractivity contribution is 0.316. The molecule has 0 amide bonds. The topological polar surface area (TPSA) is 33.1 Å². The molecule has 25 heavy (non-hydrogen) atoms. The van der Waals surface area contributed by atoms with Crippen LogP contribution in [0.1, 0.15) is 68.0 Å². The number of nitrogens with one attached hydrogen (secondary N) is 1. The average Bonchev–Trinajstić information content (AvgIpc) is 3.05. The van der Waals surface area contributed by atoms with Crippen molar-refractivity contribution < 1.29 is 0 Å². The second kappa shape index (κ2) is 7.16. The first-order valence-corrected chi connectivity index (χ1v) is 9.52. The molecule has 0 aromatic carbocycles. The molecule has 3 rings (SSSR count). The van der Waals surface area contributed by atoms with Crippen molar-refractivity contribution in [1.29, 1.82) is 0 Å². The molecule has 0 aliphatic carbocycles. The van der Waals surface area contributed by atoms with Gasteiger partial charge in [0.1, 0.15) is 0 Å². The lowest BCUT2D eigenvalue weighted by atomic mass is 9.96. The van der Waals surface area contributed by atoms with Gasteiger partial charge in [0.2, 0.25) is 0 Å². The van der Waals surface area contributed by atoms with Crippen molar-refractivity contribution in [3.05, 3.63) is 53.1 Å². The summed E-state index contributed by atoms with van der Waals surface area (Å²) < 4.78 is 2.41. The molecule has 0 bridgehead atoms. The number of aryl methyl sites for hydroxylation is 1. The molecule has 1 aliphatic heterocycles. The van der Waals surface area contributed by atoms with Gasteiger partial charge in [-0.3, -0.25) is 4.98 Å². The first-order chi connectivity index (χ1) is 12.0. The molecule has 0 spiro atoms. The normalized spacial score (nSPS) is 20.4. The minimum absolute atomic E-state index is 0.0846. The van der Waals surface area contributed by atoms with Gasteiger partial charge in [-0.25, -0.2) is 0 Å². The maximum atomic E-state index is 5.67. The highest BCUT2D eigenvalue weighted by Crippen LogP contribution is 2.41. The minimum Gasteiger partial charge on any atom is -0.352 e. The predicted molar refractivity (Wildman–Crippen MR) is 107 cm³/mol. The summed E-state index contributed by atoms with van der Waals surface area (Å²) in [6.07, 6.45) is 2.92. The Labute approximate surface area is 156 Å². The molecular weight excluding hydrogens is 328 g/mol. The predicted octanol–water partition coefficient (Wildman–Crippen LogP) is 4.46. The highest BCUT2D eigenvalue weighted by atomic mass is 32.1. The molecule has 2 aromatic rings. The van der Waals surface area contributed by atoms with Gasteiger partial charge in [0.15, 0.2) is 5.11 Å². The summed E-state index contributed by atoms with van der Waals surface area (Å²) in [5, 5.41) is 4.35. The number of hydrogen-bond donors (Lipinski definition) is 1. The molecule has 2 aromatic heterocycles. The summed E-state index contributed by atoms with van der Waals surface area (Å²) in [5.41, 5.74) is 5.02. The van der Waals surface area contributed by atoms with Crippen molar-refractivity contribution >= 4 is 17.3 Å². The van der Waals surface area contributed by atoms with Crippen molar-refractivity contribution in [2.24, 2.45) is 0 Å². The van der Waals surface area contributed by atoms with E-state index in [1.54, 1.807) is 0 Å². The van der Waals surface area contributed by atoms with E-state index in [4.69, 9.17) is 12.2 Å². The van der Waals surface area contributed by atoms with E-state index >= 15 is 0 Å². The summed E-state index contributed by atoms with van der Waals surface area (Å²) in [4.78, 5) is 6.94. The Hall–Kier alpha value is -1.88. The summed E-state index contributed by atoms with van der Waals surface area (Å²) in [5.74, 6) is 0. The zero-order chi connectivity index (χ0) is 18.1. The molecule has 1 N–H and O–H groups in total. The standard InChI is InChI=1S/C20H28N4S/c1-6-11-23-19(16-12-14(4)24(13(2)3)15(16)5)18(22-20(23)25)17-9-7-8-10-21-17/h7-10,12-13,18-19H,6,11H2,1-5H3,(H,22,25)/t18-,19-/m1/s1. The van der Waals surface area contributed by atoms with Gasteiger partial charge in [-0.2, -0.15) is 0 Å². The molecule has 4 nitrogen and oxygen atoms in total. The van der Waals surface area contributed by atoms with Gasteiger partial charge < -0.3 is 14.8 Å². The Morgan fingerprint density at radius 2 is 2.04 bits per heavy atom. The number of rotatable bonds is 5. The van der Waals surface area contributed by atoms with Crippen LogP contribution in [0.25, 0.3) is 0 Å². The van der Waals surface area contributed by atoms with Crippen molar-refractivity contribution in [3.8, 4) is 0 Å². The first kappa shape index (κ1) is 17.9. The van der Waals surface area contributed by atoms with E-state index < -0.39 is 0 Å². The molecule has 0 saturated carbocycles. The van der Waals surface area contributed by atoms with Gasteiger partial charge in [0.05, 0.1) is 17.8 Å². The summed E-state index contributed by atoms with van der Waals surface area (Å²) >= 11 is 5.67. The van der Waals surface area contributed by atoms with Crippen LogP contribution in [0.2, 0.25) is 0 Å². The fourth-order valence-corrected chi connectivity index (χ4v) is 4.45.